The van der Waals surface area contributed by atoms with Crippen molar-refractivity contribution < 1.29 is 13.5 Å². The summed E-state index contributed by atoms with van der Waals surface area (Å²) in [5, 5.41) is 3.66. The molecule has 3 aromatic rings. The van der Waals surface area contributed by atoms with Crippen LogP contribution in [0.15, 0.2) is 52.3 Å². The van der Waals surface area contributed by atoms with Crippen molar-refractivity contribution >= 4 is 28.1 Å². The Morgan fingerprint density at radius 1 is 1.17 bits per heavy atom. The van der Waals surface area contributed by atoms with Gasteiger partial charge < -0.3 is 20.7 Å². The van der Waals surface area contributed by atoms with Crippen LogP contribution in [0.2, 0.25) is 0 Å². The molecule has 0 aliphatic rings. The summed E-state index contributed by atoms with van der Waals surface area (Å²) >= 11 is 1.11. The van der Waals surface area contributed by atoms with Gasteiger partial charge in [-0.15, -0.1) is 0 Å². The van der Waals surface area contributed by atoms with Crippen LogP contribution in [0.4, 0.5) is 19.5 Å². The van der Waals surface area contributed by atoms with Crippen molar-refractivity contribution in [3.63, 3.8) is 0 Å². The first-order valence-corrected chi connectivity index (χ1v) is 9.81. The zero-order chi connectivity index (χ0) is 21.7. The lowest BCUT2D eigenvalue weighted by Crippen LogP contribution is -2.24. The highest BCUT2D eigenvalue weighted by molar-refractivity contribution is 7.10. The van der Waals surface area contributed by atoms with Gasteiger partial charge in [0.2, 0.25) is 0 Å². The van der Waals surface area contributed by atoms with E-state index in [2.05, 4.69) is 14.7 Å². The van der Waals surface area contributed by atoms with Gasteiger partial charge in [0.05, 0.1) is 6.54 Å². The first-order chi connectivity index (χ1) is 14.3. The summed E-state index contributed by atoms with van der Waals surface area (Å²) < 4.78 is 34.7. The van der Waals surface area contributed by atoms with Crippen LogP contribution in [0.3, 0.4) is 0 Å². The molecule has 10 heteroatoms. The number of amidine groups is 1. The van der Waals surface area contributed by atoms with Gasteiger partial charge in [0.15, 0.2) is 0 Å². The molecule has 1 aromatic heterocycles. The predicted octanol–water partition coefficient (Wildman–Crippen LogP) is 3.52. The number of aromatic amines is 1. The number of nitrogens with one attached hydrogen (secondary N) is 2. The van der Waals surface area contributed by atoms with Gasteiger partial charge in [-0.2, -0.15) is 0 Å². The van der Waals surface area contributed by atoms with Crippen LogP contribution in [0.25, 0.3) is 0 Å². The summed E-state index contributed by atoms with van der Waals surface area (Å²) in [4.78, 5) is 18.4. The number of H-pyrrole nitrogens is 1. The summed E-state index contributed by atoms with van der Waals surface area (Å²) in [5.41, 5.74) is 6.65. The van der Waals surface area contributed by atoms with E-state index in [0.717, 1.165) is 29.7 Å². The predicted molar refractivity (Wildman–Crippen MR) is 115 cm³/mol. The molecule has 0 saturated heterocycles. The van der Waals surface area contributed by atoms with E-state index in [-0.39, 0.29) is 22.7 Å². The zero-order valence-corrected chi connectivity index (χ0v) is 17.2. The number of benzene rings is 2. The minimum Gasteiger partial charge on any atom is -0.457 e. The van der Waals surface area contributed by atoms with Crippen LogP contribution < -0.4 is 21.3 Å². The summed E-state index contributed by atoms with van der Waals surface area (Å²) in [7, 11) is 3.85. The number of halogens is 2. The fraction of sp³-hybridized carbons (Fsp3) is 0.200. The van der Waals surface area contributed by atoms with E-state index >= 15 is 0 Å². The van der Waals surface area contributed by atoms with Crippen molar-refractivity contribution in [1.29, 1.82) is 0 Å². The Morgan fingerprint density at radius 2 is 1.83 bits per heavy atom. The number of likely N-dealkylation sites (N-methyl/N-ethyl adjacent to an activating group) is 1. The standard InChI is InChI=1S/C20H21F2N5O2S/c1-27(2)8-7-24-18(23)17-19(28)26-30-20(17)25-14-3-5-15(6-4-14)29-16-10-12(21)9-13(22)11-16/h3-6,9-11,25H,7-8H2,1-2H3,(H2,23,24)(H,26,28). The van der Waals surface area contributed by atoms with Gasteiger partial charge >= 0.3 is 0 Å². The molecule has 1 heterocycles. The van der Waals surface area contributed by atoms with Crippen LogP contribution in [-0.2, 0) is 0 Å². The van der Waals surface area contributed by atoms with Crippen molar-refractivity contribution in [1.82, 2.24) is 9.27 Å². The molecule has 0 unspecified atom stereocenters. The first-order valence-electron chi connectivity index (χ1n) is 8.99. The molecule has 0 amide bonds. The summed E-state index contributed by atoms with van der Waals surface area (Å²) in [6.07, 6.45) is 0. The average Bonchev–Trinajstić information content (AvgIpc) is 3.02. The lowest BCUT2D eigenvalue weighted by Gasteiger charge is -2.09. The molecule has 3 rings (SSSR count). The van der Waals surface area contributed by atoms with E-state index in [1.807, 2.05) is 19.0 Å². The van der Waals surface area contributed by atoms with Crippen molar-refractivity contribution in [2.75, 3.05) is 32.5 Å². The van der Waals surface area contributed by atoms with E-state index < -0.39 is 11.6 Å². The van der Waals surface area contributed by atoms with E-state index in [0.29, 0.717) is 29.5 Å². The fourth-order valence-electron chi connectivity index (χ4n) is 2.53. The Kier molecular flexibility index (Phi) is 6.80. The van der Waals surface area contributed by atoms with E-state index in [1.54, 1.807) is 24.3 Å². The topological polar surface area (TPSA) is 95.7 Å². The fourth-order valence-corrected chi connectivity index (χ4v) is 3.30. The highest BCUT2D eigenvalue weighted by Gasteiger charge is 2.15. The largest absolute Gasteiger partial charge is 0.457 e. The van der Waals surface area contributed by atoms with Gasteiger partial charge in [-0.25, -0.2) is 8.78 Å². The number of anilines is 2. The third-order valence-electron chi connectivity index (χ3n) is 3.97. The van der Waals surface area contributed by atoms with Crippen LogP contribution in [0, 0.1) is 11.6 Å². The van der Waals surface area contributed by atoms with Gasteiger partial charge in [-0.05, 0) is 49.9 Å². The van der Waals surface area contributed by atoms with Gasteiger partial charge in [0.1, 0.15) is 39.5 Å². The molecule has 0 bridgehead atoms. The van der Waals surface area contributed by atoms with Gasteiger partial charge in [-0.1, -0.05) is 0 Å². The molecule has 0 radical (unpaired) electrons. The number of nitrogens with zero attached hydrogens (tertiary/aromatic N) is 2. The summed E-state index contributed by atoms with van der Waals surface area (Å²) in [6, 6.07) is 9.64. The molecule has 0 fully saturated rings. The van der Waals surface area contributed by atoms with Crippen LogP contribution >= 0.6 is 11.5 Å². The van der Waals surface area contributed by atoms with Gasteiger partial charge in [0.25, 0.3) is 5.56 Å². The number of hydrogen-bond donors (Lipinski definition) is 3. The second-order valence-corrected chi connectivity index (χ2v) is 7.48. The molecule has 2 aromatic carbocycles. The lowest BCUT2D eigenvalue weighted by molar-refractivity contribution is 0.420. The third-order valence-corrected chi connectivity index (χ3v) is 4.77. The maximum Gasteiger partial charge on any atom is 0.271 e. The lowest BCUT2D eigenvalue weighted by atomic mass is 10.2. The molecule has 0 spiro atoms. The average molecular weight is 433 g/mol. The number of ether oxygens (including phenoxy) is 1. The van der Waals surface area contributed by atoms with Crippen molar-refractivity contribution in [2.45, 2.75) is 0 Å². The Balaban J connectivity index is 1.72. The molecular formula is C20H21F2N5O2S. The molecule has 0 aliphatic carbocycles. The quantitative estimate of drug-likeness (QED) is 0.373. The maximum atomic E-state index is 13.3. The third kappa shape index (κ3) is 5.65. The number of hydrogen-bond acceptors (Lipinski definition) is 6. The van der Waals surface area contributed by atoms with Crippen molar-refractivity contribution in [3.8, 4) is 11.5 Å². The second kappa shape index (κ2) is 9.51. The van der Waals surface area contributed by atoms with Crippen molar-refractivity contribution in [2.24, 2.45) is 10.7 Å². The molecule has 4 N–H and O–H groups in total. The van der Waals surface area contributed by atoms with Gasteiger partial charge in [-0.3, -0.25) is 14.2 Å². The minimum absolute atomic E-state index is 0.0565. The number of aliphatic imine (C=N–C) groups is 1. The monoisotopic (exact) mass is 433 g/mol. The molecule has 30 heavy (non-hydrogen) atoms. The Hall–Kier alpha value is -3.24. The van der Waals surface area contributed by atoms with E-state index in [1.165, 1.54) is 0 Å². The molecule has 0 saturated carbocycles. The Bertz CT molecular complexity index is 1070. The van der Waals surface area contributed by atoms with Crippen LogP contribution in [0.1, 0.15) is 5.56 Å². The van der Waals surface area contributed by atoms with Crippen LogP contribution in [0.5, 0.6) is 11.5 Å². The van der Waals surface area contributed by atoms with E-state index in [9.17, 15) is 13.6 Å². The zero-order valence-electron chi connectivity index (χ0n) is 16.4. The van der Waals surface area contributed by atoms with Crippen LogP contribution in [-0.4, -0.2) is 42.3 Å². The summed E-state index contributed by atoms with van der Waals surface area (Å²) in [6.45, 7) is 1.18. The highest BCUT2D eigenvalue weighted by Crippen LogP contribution is 2.27. The summed E-state index contributed by atoms with van der Waals surface area (Å²) in [5.74, 6) is -0.820. The molecular weight excluding hydrogens is 412 g/mol. The number of rotatable bonds is 8. The maximum absolute atomic E-state index is 13.3. The number of nitrogens with two attached hydrogens (primary N) is 1. The first kappa shape index (κ1) is 21.5. The normalized spacial score (nSPS) is 11.7. The highest BCUT2D eigenvalue weighted by atomic mass is 32.1. The molecule has 158 valence electrons. The minimum atomic E-state index is -0.719. The van der Waals surface area contributed by atoms with E-state index in [4.69, 9.17) is 10.5 Å². The second-order valence-electron chi connectivity index (χ2n) is 6.66. The Labute approximate surface area is 176 Å². The molecule has 0 aliphatic heterocycles. The number of aromatic nitrogens is 1. The smallest absolute Gasteiger partial charge is 0.271 e. The van der Waals surface area contributed by atoms with Crippen molar-refractivity contribution in [3.05, 3.63) is 70.0 Å². The van der Waals surface area contributed by atoms with Gasteiger partial charge in [0, 0.05) is 30.4 Å². The SMILES string of the molecule is CN(C)CCN=C(N)c1c(Nc2ccc(Oc3cc(F)cc(F)c3)cc2)s[nH]c1=O. The molecule has 7 nitrogen and oxygen atoms in total. The Morgan fingerprint density at radius 3 is 2.47 bits per heavy atom. The molecule has 0 atom stereocenters.